The van der Waals surface area contributed by atoms with Crippen LogP contribution in [0.5, 0.6) is 11.5 Å². The topological polar surface area (TPSA) is 106 Å². The molecule has 0 bridgehead atoms. The smallest absolute Gasteiger partial charge is 0.180 e. The lowest BCUT2D eigenvalue weighted by Gasteiger charge is -2.07. The molecule has 1 aromatic carbocycles. The SMILES string of the molecule is COc1cc(-c2ccc3ncc(NC(N)=S)nc3n2)ccc1O. The number of benzene rings is 1. The molecule has 2 aromatic heterocycles. The van der Waals surface area contributed by atoms with Gasteiger partial charge >= 0.3 is 0 Å². The van der Waals surface area contributed by atoms with Gasteiger partial charge in [-0.15, -0.1) is 0 Å². The Balaban J connectivity index is 2.06. The summed E-state index contributed by atoms with van der Waals surface area (Å²) in [6.45, 7) is 0. The maximum atomic E-state index is 9.67. The number of anilines is 1. The van der Waals surface area contributed by atoms with Crippen molar-refractivity contribution in [2.45, 2.75) is 0 Å². The van der Waals surface area contributed by atoms with Crippen molar-refractivity contribution in [2.75, 3.05) is 12.4 Å². The second kappa shape index (κ2) is 6.01. The summed E-state index contributed by atoms with van der Waals surface area (Å²) in [5.41, 5.74) is 8.00. The molecule has 0 unspecified atom stereocenters. The van der Waals surface area contributed by atoms with Crippen LogP contribution in [0.1, 0.15) is 0 Å². The van der Waals surface area contributed by atoms with E-state index in [0.29, 0.717) is 28.4 Å². The number of pyridine rings is 1. The molecule has 23 heavy (non-hydrogen) atoms. The van der Waals surface area contributed by atoms with Crippen molar-refractivity contribution in [3.8, 4) is 22.8 Å². The molecule has 0 saturated heterocycles. The van der Waals surface area contributed by atoms with Crippen LogP contribution in [0.2, 0.25) is 0 Å². The number of phenols is 1. The van der Waals surface area contributed by atoms with Crippen molar-refractivity contribution < 1.29 is 9.84 Å². The van der Waals surface area contributed by atoms with Gasteiger partial charge in [-0.2, -0.15) is 0 Å². The number of hydrogen-bond donors (Lipinski definition) is 3. The van der Waals surface area contributed by atoms with E-state index < -0.39 is 0 Å². The summed E-state index contributed by atoms with van der Waals surface area (Å²) in [6, 6.07) is 8.64. The van der Waals surface area contributed by atoms with Crippen LogP contribution in [0, 0.1) is 0 Å². The van der Waals surface area contributed by atoms with Crippen molar-refractivity contribution in [1.82, 2.24) is 15.0 Å². The van der Waals surface area contributed by atoms with E-state index in [-0.39, 0.29) is 10.9 Å². The number of thiocarbonyl (C=S) groups is 1. The molecule has 0 radical (unpaired) electrons. The van der Waals surface area contributed by atoms with Crippen molar-refractivity contribution in [3.63, 3.8) is 0 Å². The van der Waals surface area contributed by atoms with E-state index >= 15 is 0 Å². The molecule has 0 aliphatic heterocycles. The lowest BCUT2D eigenvalue weighted by molar-refractivity contribution is 0.373. The third-order valence-corrected chi connectivity index (χ3v) is 3.24. The first kappa shape index (κ1) is 14.9. The van der Waals surface area contributed by atoms with E-state index in [2.05, 4.69) is 20.3 Å². The molecule has 0 fully saturated rings. The fourth-order valence-electron chi connectivity index (χ4n) is 2.08. The lowest BCUT2D eigenvalue weighted by Crippen LogP contribution is -2.19. The fraction of sp³-hybridized carbons (Fsp3) is 0.0667. The Kier molecular flexibility index (Phi) is 3.90. The van der Waals surface area contributed by atoms with Gasteiger partial charge in [0.1, 0.15) is 5.52 Å². The molecule has 4 N–H and O–H groups in total. The summed E-state index contributed by atoms with van der Waals surface area (Å²) >= 11 is 4.78. The molecule has 0 saturated carbocycles. The summed E-state index contributed by atoms with van der Waals surface area (Å²) in [5.74, 6) is 0.872. The van der Waals surface area contributed by atoms with Crippen LogP contribution >= 0.6 is 12.2 Å². The zero-order valence-corrected chi connectivity index (χ0v) is 13.0. The normalized spacial score (nSPS) is 10.5. The van der Waals surface area contributed by atoms with Gasteiger partial charge in [0.15, 0.2) is 28.1 Å². The summed E-state index contributed by atoms with van der Waals surface area (Å²) in [4.78, 5) is 13.1. The molecule has 116 valence electrons. The van der Waals surface area contributed by atoms with Crippen molar-refractivity contribution in [3.05, 3.63) is 36.5 Å². The Hall–Kier alpha value is -3.00. The van der Waals surface area contributed by atoms with Crippen LogP contribution in [0.4, 0.5) is 5.82 Å². The van der Waals surface area contributed by atoms with Crippen LogP contribution in [0.15, 0.2) is 36.5 Å². The number of nitrogens with zero attached hydrogens (tertiary/aromatic N) is 3. The number of aromatic nitrogens is 3. The number of ether oxygens (including phenoxy) is 1. The van der Waals surface area contributed by atoms with E-state index in [1.165, 1.54) is 13.3 Å². The first-order valence-electron chi connectivity index (χ1n) is 6.64. The lowest BCUT2D eigenvalue weighted by atomic mass is 10.1. The molecule has 0 aliphatic rings. The number of hydrogen-bond acceptors (Lipinski definition) is 6. The largest absolute Gasteiger partial charge is 0.504 e. The first-order valence-corrected chi connectivity index (χ1v) is 7.05. The van der Waals surface area contributed by atoms with Crippen molar-refractivity contribution in [2.24, 2.45) is 5.73 Å². The highest BCUT2D eigenvalue weighted by atomic mass is 32.1. The summed E-state index contributed by atoms with van der Waals surface area (Å²) in [6.07, 6.45) is 1.53. The summed E-state index contributed by atoms with van der Waals surface area (Å²) in [5, 5.41) is 12.5. The van der Waals surface area contributed by atoms with Crippen LogP contribution in [-0.4, -0.2) is 32.3 Å². The van der Waals surface area contributed by atoms with Crippen LogP contribution in [0.25, 0.3) is 22.4 Å². The zero-order chi connectivity index (χ0) is 16.4. The molecule has 3 rings (SSSR count). The number of aromatic hydroxyl groups is 1. The molecule has 0 atom stereocenters. The van der Waals surface area contributed by atoms with Gasteiger partial charge in [-0.25, -0.2) is 15.0 Å². The summed E-state index contributed by atoms with van der Waals surface area (Å²) < 4.78 is 5.11. The van der Waals surface area contributed by atoms with Gasteiger partial charge in [-0.05, 0) is 42.5 Å². The van der Waals surface area contributed by atoms with E-state index in [4.69, 9.17) is 22.7 Å². The molecular weight excluding hydrogens is 314 g/mol. The van der Waals surface area contributed by atoms with Gasteiger partial charge in [0.05, 0.1) is 19.0 Å². The van der Waals surface area contributed by atoms with Gasteiger partial charge < -0.3 is 20.9 Å². The highest BCUT2D eigenvalue weighted by Gasteiger charge is 2.08. The first-order chi connectivity index (χ1) is 11.1. The second-order valence-corrected chi connectivity index (χ2v) is 5.11. The molecule has 2 heterocycles. The Morgan fingerprint density at radius 1 is 1.26 bits per heavy atom. The Bertz CT molecular complexity index is 900. The number of nitrogens with two attached hydrogens (primary N) is 1. The molecular formula is C15H13N5O2S. The number of rotatable bonds is 3. The van der Waals surface area contributed by atoms with E-state index in [1.54, 1.807) is 18.2 Å². The van der Waals surface area contributed by atoms with Crippen LogP contribution in [-0.2, 0) is 0 Å². The maximum absolute atomic E-state index is 9.67. The Morgan fingerprint density at radius 2 is 2.09 bits per heavy atom. The quantitative estimate of drug-likeness (QED) is 0.628. The van der Waals surface area contributed by atoms with Gasteiger partial charge in [-0.3, -0.25) is 0 Å². The number of fused-ring (bicyclic) bond motifs is 1. The predicted octanol–water partition coefficient (Wildman–Crippen LogP) is 2.06. The van der Waals surface area contributed by atoms with Gasteiger partial charge in [0.25, 0.3) is 0 Å². The van der Waals surface area contributed by atoms with Crippen molar-refractivity contribution in [1.29, 1.82) is 0 Å². The molecule has 7 nitrogen and oxygen atoms in total. The minimum Gasteiger partial charge on any atom is -0.504 e. The highest BCUT2D eigenvalue weighted by Crippen LogP contribution is 2.31. The monoisotopic (exact) mass is 327 g/mol. The third-order valence-electron chi connectivity index (χ3n) is 3.13. The number of phenolic OH excluding ortho intramolecular Hbond substituents is 1. The molecule has 3 aromatic rings. The van der Waals surface area contributed by atoms with Gasteiger partial charge in [0, 0.05) is 5.56 Å². The average molecular weight is 327 g/mol. The van der Waals surface area contributed by atoms with Gasteiger partial charge in [0.2, 0.25) is 0 Å². The van der Waals surface area contributed by atoms with Crippen molar-refractivity contribution >= 4 is 34.3 Å². The third kappa shape index (κ3) is 3.11. The molecule has 0 amide bonds. The number of methoxy groups -OCH3 is 1. The Morgan fingerprint density at radius 3 is 2.83 bits per heavy atom. The summed E-state index contributed by atoms with van der Waals surface area (Å²) in [7, 11) is 1.49. The van der Waals surface area contributed by atoms with Gasteiger partial charge in [-0.1, -0.05) is 0 Å². The van der Waals surface area contributed by atoms with E-state index in [9.17, 15) is 5.11 Å². The zero-order valence-electron chi connectivity index (χ0n) is 12.1. The molecule has 0 spiro atoms. The fourth-order valence-corrected chi connectivity index (χ4v) is 2.19. The van der Waals surface area contributed by atoms with Crippen LogP contribution in [0.3, 0.4) is 0 Å². The predicted molar refractivity (Wildman–Crippen MR) is 91.4 cm³/mol. The maximum Gasteiger partial charge on any atom is 0.180 e. The minimum atomic E-state index is 0.0692. The van der Waals surface area contributed by atoms with E-state index in [0.717, 1.165) is 5.56 Å². The average Bonchev–Trinajstić information content (AvgIpc) is 2.54. The Labute approximate surface area is 137 Å². The minimum absolute atomic E-state index is 0.0692. The molecule has 8 heteroatoms. The van der Waals surface area contributed by atoms with Crippen LogP contribution < -0.4 is 15.8 Å². The second-order valence-electron chi connectivity index (χ2n) is 4.67. The van der Waals surface area contributed by atoms with E-state index in [1.807, 2.05) is 12.1 Å². The standard InChI is InChI=1S/C15H13N5O2S/c1-22-12-6-8(2-5-11(12)21)9-3-4-10-14(18-9)19-13(7-17-10)20-15(16)23/h2-7,21H,1H3,(H3,16,18,19,20,23). The number of nitrogens with one attached hydrogen (secondary N) is 1. The highest BCUT2D eigenvalue weighted by molar-refractivity contribution is 7.80. The molecule has 0 aliphatic carbocycles.